The van der Waals surface area contributed by atoms with Crippen LogP contribution in [-0.2, 0) is 11.2 Å². The standard InChI is InChI=1S/C19H23FN2O2/c1-22(2)18(15-7-9-16(20)10-8-15)19(24)21-13-3-4-14-5-11-17(23)12-6-14/h5-12,18,23H,3-4,13H2,1-2H3,(H,21,24)/t18-/m0/s1. The van der Waals surface area contributed by atoms with Crippen LogP contribution in [0.1, 0.15) is 23.6 Å². The minimum Gasteiger partial charge on any atom is -0.508 e. The Morgan fingerprint density at radius 2 is 1.75 bits per heavy atom. The Labute approximate surface area is 141 Å². The maximum absolute atomic E-state index is 13.1. The van der Waals surface area contributed by atoms with Crippen molar-refractivity contribution in [2.24, 2.45) is 0 Å². The molecular formula is C19H23FN2O2. The molecule has 2 aromatic rings. The molecule has 4 nitrogen and oxygen atoms in total. The summed E-state index contributed by atoms with van der Waals surface area (Å²) in [6, 6.07) is 12.6. The summed E-state index contributed by atoms with van der Waals surface area (Å²) in [6.07, 6.45) is 1.63. The number of aromatic hydroxyl groups is 1. The molecule has 2 N–H and O–H groups in total. The number of nitrogens with one attached hydrogen (secondary N) is 1. The van der Waals surface area contributed by atoms with E-state index in [4.69, 9.17) is 0 Å². The van der Waals surface area contributed by atoms with Crippen LogP contribution in [0.4, 0.5) is 4.39 Å². The molecule has 0 unspecified atom stereocenters. The van der Waals surface area contributed by atoms with Gasteiger partial charge in [0.25, 0.3) is 0 Å². The van der Waals surface area contributed by atoms with Crippen molar-refractivity contribution < 1.29 is 14.3 Å². The number of rotatable bonds is 7. The highest BCUT2D eigenvalue weighted by molar-refractivity contribution is 5.83. The van der Waals surface area contributed by atoms with Crippen LogP contribution in [0, 0.1) is 5.82 Å². The number of likely N-dealkylation sites (N-methyl/N-ethyl adjacent to an activating group) is 1. The average Bonchev–Trinajstić information content (AvgIpc) is 2.55. The smallest absolute Gasteiger partial charge is 0.241 e. The quantitative estimate of drug-likeness (QED) is 0.768. The van der Waals surface area contributed by atoms with Gasteiger partial charge in [0.15, 0.2) is 0 Å². The number of aryl methyl sites for hydroxylation is 1. The zero-order chi connectivity index (χ0) is 17.5. The highest BCUT2D eigenvalue weighted by Crippen LogP contribution is 2.19. The molecule has 2 rings (SSSR count). The van der Waals surface area contributed by atoms with Gasteiger partial charge in [-0.15, -0.1) is 0 Å². The second-order valence-electron chi connectivity index (χ2n) is 5.98. The van der Waals surface area contributed by atoms with E-state index in [1.54, 1.807) is 24.3 Å². The molecule has 5 heteroatoms. The first-order valence-corrected chi connectivity index (χ1v) is 7.95. The molecule has 0 fully saturated rings. The third-order valence-corrected chi connectivity index (χ3v) is 3.83. The largest absolute Gasteiger partial charge is 0.508 e. The van der Waals surface area contributed by atoms with E-state index >= 15 is 0 Å². The Balaban J connectivity index is 1.86. The molecule has 128 valence electrons. The summed E-state index contributed by atoms with van der Waals surface area (Å²) in [4.78, 5) is 14.3. The van der Waals surface area contributed by atoms with Gasteiger partial charge in [-0.3, -0.25) is 9.69 Å². The predicted molar refractivity (Wildman–Crippen MR) is 92.3 cm³/mol. The molecule has 0 aliphatic rings. The first-order chi connectivity index (χ1) is 11.5. The Kier molecular flexibility index (Phi) is 6.32. The van der Waals surface area contributed by atoms with Crippen LogP contribution < -0.4 is 5.32 Å². The topological polar surface area (TPSA) is 52.6 Å². The van der Waals surface area contributed by atoms with Gasteiger partial charge in [0.2, 0.25) is 5.91 Å². The van der Waals surface area contributed by atoms with Gasteiger partial charge in [-0.25, -0.2) is 4.39 Å². The molecule has 0 bridgehead atoms. The van der Waals surface area contributed by atoms with Crippen molar-refractivity contribution in [3.8, 4) is 5.75 Å². The highest BCUT2D eigenvalue weighted by atomic mass is 19.1. The number of carbonyl (C=O) groups excluding carboxylic acids is 1. The molecule has 0 aliphatic heterocycles. The van der Waals surface area contributed by atoms with Gasteiger partial charge in [-0.05, 0) is 62.3 Å². The van der Waals surface area contributed by atoms with E-state index in [1.165, 1.54) is 12.1 Å². The van der Waals surface area contributed by atoms with Crippen LogP contribution in [0.25, 0.3) is 0 Å². The third-order valence-electron chi connectivity index (χ3n) is 3.83. The SMILES string of the molecule is CN(C)[C@H](C(=O)NCCCc1ccc(O)cc1)c1ccc(F)cc1. The number of phenolic OH excluding ortho intramolecular Hbond substituents is 1. The van der Waals surface area contributed by atoms with Crippen molar-refractivity contribution in [3.63, 3.8) is 0 Å². The monoisotopic (exact) mass is 330 g/mol. The second-order valence-corrected chi connectivity index (χ2v) is 5.98. The van der Waals surface area contributed by atoms with Gasteiger partial charge < -0.3 is 10.4 Å². The van der Waals surface area contributed by atoms with Crippen LogP contribution >= 0.6 is 0 Å². The van der Waals surface area contributed by atoms with E-state index in [2.05, 4.69) is 5.32 Å². The third kappa shape index (κ3) is 5.06. The summed E-state index contributed by atoms with van der Waals surface area (Å²) in [5.41, 5.74) is 1.88. The first kappa shape index (κ1) is 17.9. The fourth-order valence-electron chi connectivity index (χ4n) is 2.59. The molecule has 0 spiro atoms. The summed E-state index contributed by atoms with van der Waals surface area (Å²) in [7, 11) is 3.65. The van der Waals surface area contributed by atoms with Crippen molar-refractivity contribution in [2.45, 2.75) is 18.9 Å². The minimum absolute atomic E-state index is 0.0997. The Bertz CT molecular complexity index is 654. The summed E-state index contributed by atoms with van der Waals surface area (Å²) < 4.78 is 13.1. The molecular weight excluding hydrogens is 307 g/mol. The van der Waals surface area contributed by atoms with Gasteiger partial charge in [-0.2, -0.15) is 0 Å². The number of carbonyl (C=O) groups is 1. The minimum atomic E-state index is -0.445. The van der Waals surface area contributed by atoms with Gasteiger partial charge in [0, 0.05) is 6.54 Å². The molecule has 1 atom stereocenters. The fraction of sp³-hybridized carbons (Fsp3) is 0.316. The molecule has 2 aromatic carbocycles. The molecule has 0 saturated carbocycles. The molecule has 24 heavy (non-hydrogen) atoms. The normalized spacial score (nSPS) is 12.2. The van der Waals surface area contributed by atoms with Gasteiger partial charge >= 0.3 is 0 Å². The number of nitrogens with zero attached hydrogens (tertiary/aromatic N) is 1. The molecule has 1 amide bonds. The van der Waals surface area contributed by atoms with Crippen LogP contribution in [0.5, 0.6) is 5.75 Å². The summed E-state index contributed by atoms with van der Waals surface area (Å²) in [5, 5.41) is 12.2. The zero-order valence-electron chi connectivity index (χ0n) is 14.0. The average molecular weight is 330 g/mol. The van der Waals surface area contributed by atoms with Crippen molar-refractivity contribution >= 4 is 5.91 Å². The van der Waals surface area contributed by atoms with Crippen molar-refractivity contribution in [1.82, 2.24) is 10.2 Å². The molecule has 0 aromatic heterocycles. The van der Waals surface area contributed by atoms with Crippen molar-refractivity contribution in [3.05, 3.63) is 65.5 Å². The van der Waals surface area contributed by atoms with E-state index in [0.717, 1.165) is 24.0 Å². The van der Waals surface area contributed by atoms with Crippen LogP contribution in [0.15, 0.2) is 48.5 Å². The molecule has 0 radical (unpaired) electrons. The van der Waals surface area contributed by atoms with Crippen LogP contribution in [0.3, 0.4) is 0 Å². The lowest BCUT2D eigenvalue weighted by molar-refractivity contribution is -0.125. The number of hydrogen-bond donors (Lipinski definition) is 2. The van der Waals surface area contributed by atoms with Crippen LogP contribution in [-0.4, -0.2) is 36.6 Å². The van der Waals surface area contributed by atoms with E-state index in [1.807, 2.05) is 31.1 Å². The number of amides is 1. The summed E-state index contributed by atoms with van der Waals surface area (Å²) in [5.74, 6) is -0.164. The van der Waals surface area contributed by atoms with E-state index in [9.17, 15) is 14.3 Å². The van der Waals surface area contributed by atoms with E-state index in [0.29, 0.717) is 6.54 Å². The number of benzene rings is 2. The lowest BCUT2D eigenvalue weighted by Gasteiger charge is -2.23. The van der Waals surface area contributed by atoms with Gasteiger partial charge in [-0.1, -0.05) is 24.3 Å². The van der Waals surface area contributed by atoms with Crippen molar-refractivity contribution in [1.29, 1.82) is 0 Å². The number of phenols is 1. The Morgan fingerprint density at radius 3 is 2.33 bits per heavy atom. The Morgan fingerprint density at radius 1 is 1.12 bits per heavy atom. The maximum atomic E-state index is 13.1. The predicted octanol–water partition coefficient (Wildman–Crippen LogP) is 2.88. The van der Waals surface area contributed by atoms with E-state index < -0.39 is 6.04 Å². The van der Waals surface area contributed by atoms with Gasteiger partial charge in [0.05, 0.1) is 0 Å². The Hall–Kier alpha value is -2.40. The summed E-state index contributed by atoms with van der Waals surface area (Å²) >= 11 is 0. The number of halogens is 1. The first-order valence-electron chi connectivity index (χ1n) is 7.95. The lowest BCUT2D eigenvalue weighted by Crippen LogP contribution is -2.37. The summed E-state index contributed by atoms with van der Waals surface area (Å²) in [6.45, 7) is 0.561. The molecule has 0 aliphatic carbocycles. The fourth-order valence-corrected chi connectivity index (χ4v) is 2.59. The maximum Gasteiger partial charge on any atom is 0.241 e. The zero-order valence-corrected chi connectivity index (χ0v) is 14.0. The number of hydrogen-bond acceptors (Lipinski definition) is 3. The van der Waals surface area contributed by atoms with Crippen molar-refractivity contribution in [2.75, 3.05) is 20.6 Å². The van der Waals surface area contributed by atoms with Gasteiger partial charge in [0.1, 0.15) is 17.6 Å². The van der Waals surface area contributed by atoms with Crippen LogP contribution in [0.2, 0.25) is 0 Å². The van der Waals surface area contributed by atoms with E-state index in [-0.39, 0.29) is 17.5 Å². The highest BCUT2D eigenvalue weighted by Gasteiger charge is 2.22. The second kappa shape index (κ2) is 8.45. The lowest BCUT2D eigenvalue weighted by atomic mass is 10.0. The molecule has 0 saturated heterocycles. The molecule has 0 heterocycles.